The van der Waals surface area contributed by atoms with Crippen LogP contribution in [0.25, 0.3) is 0 Å². The molecule has 4 heteroatoms. The second-order valence-corrected chi connectivity index (χ2v) is 6.77. The van der Waals surface area contributed by atoms with E-state index in [9.17, 15) is 9.59 Å². The van der Waals surface area contributed by atoms with Gasteiger partial charge in [0.2, 0.25) is 0 Å². The SMILES string of the molecule is COc1cc(C(=O)OC(C)(C)C)ccc1C1CCC(=O)CC1. The molecule has 0 N–H and O–H groups in total. The Labute approximate surface area is 131 Å². The van der Waals surface area contributed by atoms with E-state index >= 15 is 0 Å². The van der Waals surface area contributed by atoms with Gasteiger partial charge in [-0.2, -0.15) is 0 Å². The molecule has 0 aliphatic heterocycles. The molecule has 0 radical (unpaired) electrons. The van der Waals surface area contributed by atoms with Crippen LogP contribution in [0.2, 0.25) is 0 Å². The minimum absolute atomic E-state index is 0.320. The standard InChI is InChI=1S/C18H24O4/c1-18(2,3)22-17(20)13-7-10-15(16(11-13)21-4)12-5-8-14(19)9-6-12/h7,10-12H,5-6,8-9H2,1-4H3. The lowest BCUT2D eigenvalue weighted by Crippen LogP contribution is -2.24. The maximum Gasteiger partial charge on any atom is 0.338 e. The highest BCUT2D eigenvalue weighted by molar-refractivity contribution is 5.90. The first-order valence-electron chi connectivity index (χ1n) is 7.73. The summed E-state index contributed by atoms with van der Waals surface area (Å²) in [5, 5.41) is 0. The van der Waals surface area contributed by atoms with Crippen molar-refractivity contribution in [2.75, 3.05) is 7.11 Å². The van der Waals surface area contributed by atoms with Crippen LogP contribution < -0.4 is 4.74 Å². The van der Waals surface area contributed by atoms with Gasteiger partial charge in [-0.15, -0.1) is 0 Å². The molecule has 1 aromatic carbocycles. The minimum atomic E-state index is -0.521. The summed E-state index contributed by atoms with van der Waals surface area (Å²) in [7, 11) is 1.60. The fraction of sp³-hybridized carbons (Fsp3) is 0.556. The van der Waals surface area contributed by atoms with E-state index < -0.39 is 5.60 Å². The van der Waals surface area contributed by atoms with Crippen molar-refractivity contribution in [2.45, 2.75) is 58.0 Å². The Morgan fingerprint density at radius 2 is 1.82 bits per heavy atom. The van der Waals surface area contributed by atoms with Gasteiger partial charge >= 0.3 is 5.97 Å². The molecule has 1 aliphatic carbocycles. The van der Waals surface area contributed by atoms with E-state index in [1.165, 1.54) is 0 Å². The third kappa shape index (κ3) is 4.09. The zero-order valence-corrected chi connectivity index (χ0v) is 13.8. The molecule has 0 amide bonds. The Morgan fingerprint density at radius 3 is 2.36 bits per heavy atom. The zero-order chi connectivity index (χ0) is 16.3. The van der Waals surface area contributed by atoms with Crippen LogP contribution in [0, 0.1) is 0 Å². The van der Waals surface area contributed by atoms with Crippen LogP contribution in [0.5, 0.6) is 5.75 Å². The number of hydrogen-bond acceptors (Lipinski definition) is 4. The van der Waals surface area contributed by atoms with Crippen molar-refractivity contribution in [3.8, 4) is 5.75 Å². The third-order valence-electron chi connectivity index (χ3n) is 3.85. The van der Waals surface area contributed by atoms with E-state index in [0.717, 1.165) is 18.4 Å². The van der Waals surface area contributed by atoms with Crippen molar-refractivity contribution >= 4 is 11.8 Å². The van der Waals surface area contributed by atoms with Gasteiger partial charge in [0, 0.05) is 12.8 Å². The predicted octanol–water partition coefficient (Wildman–Crippen LogP) is 3.88. The molecule has 0 bridgehead atoms. The van der Waals surface area contributed by atoms with Crippen LogP contribution in [0.1, 0.15) is 68.3 Å². The molecule has 0 spiro atoms. The molecule has 0 unspecified atom stereocenters. The van der Waals surface area contributed by atoms with E-state index in [-0.39, 0.29) is 5.97 Å². The summed E-state index contributed by atoms with van der Waals surface area (Å²) in [6.07, 6.45) is 2.95. The van der Waals surface area contributed by atoms with Gasteiger partial charge in [0.1, 0.15) is 17.1 Å². The zero-order valence-electron chi connectivity index (χ0n) is 13.8. The van der Waals surface area contributed by atoms with E-state index in [4.69, 9.17) is 9.47 Å². The van der Waals surface area contributed by atoms with Crippen LogP contribution in [0.4, 0.5) is 0 Å². The first-order valence-corrected chi connectivity index (χ1v) is 7.73. The van der Waals surface area contributed by atoms with Gasteiger partial charge in [-0.25, -0.2) is 4.79 Å². The molecule has 0 saturated heterocycles. The number of benzene rings is 1. The van der Waals surface area contributed by atoms with Crippen LogP contribution in [0.15, 0.2) is 18.2 Å². The Morgan fingerprint density at radius 1 is 1.18 bits per heavy atom. The fourth-order valence-corrected chi connectivity index (χ4v) is 2.76. The Hall–Kier alpha value is -1.84. The number of hydrogen-bond donors (Lipinski definition) is 0. The molecule has 0 aromatic heterocycles. The molecule has 4 nitrogen and oxygen atoms in total. The lowest BCUT2D eigenvalue weighted by Gasteiger charge is -2.24. The summed E-state index contributed by atoms with van der Waals surface area (Å²) in [4.78, 5) is 23.5. The topological polar surface area (TPSA) is 52.6 Å². The average molecular weight is 304 g/mol. The Bertz CT molecular complexity index is 559. The summed E-state index contributed by atoms with van der Waals surface area (Å²) in [5.41, 5.74) is 1.04. The second kappa shape index (κ2) is 6.51. The van der Waals surface area contributed by atoms with Gasteiger partial charge in [0.15, 0.2) is 0 Å². The van der Waals surface area contributed by atoms with E-state index in [1.807, 2.05) is 26.8 Å². The molecule has 1 aromatic rings. The first-order chi connectivity index (χ1) is 10.3. The number of esters is 1. The highest BCUT2D eigenvalue weighted by atomic mass is 16.6. The number of rotatable bonds is 3. The fourth-order valence-electron chi connectivity index (χ4n) is 2.76. The normalized spacial score (nSPS) is 16.5. The van der Waals surface area contributed by atoms with Crippen molar-refractivity contribution in [1.29, 1.82) is 0 Å². The summed E-state index contributed by atoms with van der Waals surface area (Å²) < 4.78 is 10.8. The van der Waals surface area contributed by atoms with Gasteiger partial charge in [-0.05, 0) is 57.2 Å². The molecule has 22 heavy (non-hydrogen) atoms. The average Bonchev–Trinajstić information content (AvgIpc) is 2.45. The van der Waals surface area contributed by atoms with E-state index in [0.29, 0.717) is 35.9 Å². The highest BCUT2D eigenvalue weighted by Gasteiger charge is 2.24. The summed E-state index contributed by atoms with van der Waals surface area (Å²) in [6.45, 7) is 5.53. The lowest BCUT2D eigenvalue weighted by molar-refractivity contribution is -0.120. The van der Waals surface area contributed by atoms with Crippen LogP contribution in [-0.4, -0.2) is 24.5 Å². The molecule has 0 atom stereocenters. The molecule has 1 aliphatic rings. The van der Waals surface area contributed by atoms with Crippen molar-refractivity contribution in [1.82, 2.24) is 0 Å². The van der Waals surface area contributed by atoms with Gasteiger partial charge in [0.25, 0.3) is 0 Å². The smallest absolute Gasteiger partial charge is 0.338 e. The summed E-state index contributed by atoms with van der Waals surface area (Å²) >= 11 is 0. The number of Topliss-reactive ketones (excluding diaryl/α,β-unsaturated/α-hetero) is 1. The maximum absolute atomic E-state index is 12.1. The van der Waals surface area contributed by atoms with Gasteiger partial charge in [0.05, 0.1) is 12.7 Å². The van der Waals surface area contributed by atoms with E-state index in [1.54, 1.807) is 19.2 Å². The molecule has 120 valence electrons. The van der Waals surface area contributed by atoms with Crippen molar-refractivity contribution in [2.24, 2.45) is 0 Å². The summed E-state index contributed by atoms with van der Waals surface area (Å²) in [6, 6.07) is 5.45. The Kier molecular flexibility index (Phi) is 4.89. The van der Waals surface area contributed by atoms with Gasteiger partial charge in [-0.3, -0.25) is 4.79 Å². The highest BCUT2D eigenvalue weighted by Crippen LogP contribution is 2.37. The molecule has 1 fully saturated rings. The molecule has 2 rings (SSSR count). The second-order valence-electron chi connectivity index (χ2n) is 6.77. The van der Waals surface area contributed by atoms with Crippen LogP contribution in [0.3, 0.4) is 0 Å². The minimum Gasteiger partial charge on any atom is -0.496 e. The van der Waals surface area contributed by atoms with Gasteiger partial charge in [-0.1, -0.05) is 6.07 Å². The number of carbonyl (C=O) groups excluding carboxylic acids is 2. The molecular weight excluding hydrogens is 280 g/mol. The Balaban J connectivity index is 2.21. The van der Waals surface area contributed by atoms with Gasteiger partial charge < -0.3 is 9.47 Å². The summed E-state index contributed by atoms with van der Waals surface area (Å²) in [5.74, 6) is 1.000. The number of ketones is 1. The van der Waals surface area contributed by atoms with E-state index in [2.05, 4.69) is 0 Å². The third-order valence-corrected chi connectivity index (χ3v) is 3.85. The lowest BCUT2D eigenvalue weighted by atomic mass is 9.83. The number of methoxy groups -OCH3 is 1. The predicted molar refractivity (Wildman–Crippen MR) is 84.4 cm³/mol. The first kappa shape index (κ1) is 16.5. The van der Waals surface area contributed by atoms with Crippen molar-refractivity contribution in [3.63, 3.8) is 0 Å². The number of ether oxygens (including phenoxy) is 2. The largest absolute Gasteiger partial charge is 0.496 e. The maximum atomic E-state index is 12.1. The van der Waals surface area contributed by atoms with Crippen molar-refractivity contribution < 1.29 is 19.1 Å². The monoisotopic (exact) mass is 304 g/mol. The van der Waals surface area contributed by atoms with Crippen LogP contribution >= 0.6 is 0 Å². The van der Waals surface area contributed by atoms with Crippen LogP contribution in [-0.2, 0) is 9.53 Å². The molecule has 1 saturated carbocycles. The number of carbonyl (C=O) groups is 2. The molecule has 0 heterocycles. The molecular formula is C18H24O4. The quantitative estimate of drug-likeness (QED) is 0.795. The van der Waals surface area contributed by atoms with Crippen molar-refractivity contribution in [3.05, 3.63) is 29.3 Å².